The van der Waals surface area contributed by atoms with E-state index in [1.807, 2.05) is 30.3 Å². The van der Waals surface area contributed by atoms with Crippen molar-refractivity contribution < 1.29 is 18.7 Å². The van der Waals surface area contributed by atoms with Gasteiger partial charge in [-0.25, -0.2) is 4.39 Å². The first-order valence-electron chi connectivity index (χ1n) is 10.1. The van der Waals surface area contributed by atoms with Crippen LogP contribution in [0.5, 0.6) is 5.75 Å². The number of amides is 2. The minimum atomic E-state index is -0.844. The standard InChI is InChI=1S/C25H24ClFN2O3/c1-28-25(31)23(15-18-7-3-2-4-8-18)29(16-19-9-5-6-10-22(19)27)24(30)17-32-21-13-11-20(26)12-14-21/h2-14,23H,15-17H2,1H3,(H,28,31). The zero-order valence-electron chi connectivity index (χ0n) is 17.6. The molecule has 1 unspecified atom stereocenters. The van der Waals surface area contributed by atoms with Crippen LogP contribution in [-0.2, 0) is 22.6 Å². The minimum absolute atomic E-state index is 0.0690. The molecule has 3 aromatic rings. The van der Waals surface area contributed by atoms with Gasteiger partial charge in [-0.3, -0.25) is 9.59 Å². The van der Waals surface area contributed by atoms with E-state index < -0.39 is 17.8 Å². The van der Waals surface area contributed by atoms with Crippen molar-refractivity contribution >= 4 is 23.4 Å². The second kappa shape index (κ2) is 11.3. The highest BCUT2D eigenvalue weighted by atomic mass is 35.5. The Kier molecular flexibility index (Phi) is 8.22. The molecule has 1 atom stereocenters. The number of rotatable bonds is 9. The summed E-state index contributed by atoms with van der Waals surface area (Å²) in [6.45, 7) is -0.376. The van der Waals surface area contributed by atoms with E-state index in [1.165, 1.54) is 18.0 Å². The molecular formula is C25H24ClFN2O3. The van der Waals surface area contributed by atoms with Gasteiger partial charge in [-0.05, 0) is 35.9 Å². The number of halogens is 2. The number of ether oxygens (including phenoxy) is 1. The smallest absolute Gasteiger partial charge is 0.261 e. The first-order valence-corrected chi connectivity index (χ1v) is 10.5. The van der Waals surface area contributed by atoms with Gasteiger partial charge in [-0.2, -0.15) is 0 Å². The molecule has 0 heterocycles. The Morgan fingerprint density at radius 2 is 1.66 bits per heavy atom. The number of carbonyl (C=O) groups is 2. The van der Waals surface area contributed by atoms with Gasteiger partial charge in [-0.15, -0.1) is 0 Å². The van der Waals surface area contributed by atoms with Gasteiger partial charge >= 0.3 is 0 Å². The number of likely N-dealkylation sites (N-methyl/N-ethyl adjacent to an activating group) is 1. The second-order valence-corrected chi connectivity index (χ2v) is 7.61. The summed E-state index contributed by atoms with van der Waals surface area (Å²) in [6, 6.07) is 21.3. The second-order valence-electron chi connectivity index (χ2n) is 7.18. The monoisotopic (exact) mass is 454 g/mol. The van der Waals surface area contributed by atoms with Crippen molar-refractivity contribution in [1.29, 1.82) is 0 Å². The molecule has 0 aromatic heterocycles. The molecule has 7 heteroatoms. The predicted octanol–water partition coefficient (Wildman–Crippen LogP) is 4.24. The van der Waals surface area contributed by atoms with E-state index in [4.69, 9.17) is 16.3 Å². The Hall–Kier alpha value is -3.38. The van der Waals surface area contributed by atoms with Crippen molar-refractivity contribution in [3.63, 3.8) is 0 Å². The van der Waals surface area contributed by atoms with E-state index in [-0.39, 0.29) is 25.5 Å². The largest absolute Gasteiger partial charge is 0.484 e. The summed E-state index contributed by atoms with van der Waals surface area (Å²) in [7, 11) is 1.51. The molecule has 0 aliphatic rings. The lowest BCUT2D eigenvalue weighted by molar-refractivity contribution is -0.142. The lowest BCUT2D eigenvalue weighted by Crippen LogP contribution is -2.51. The van der Waals surface area contributed by atoms with Gasteiger partial charge in [0.25, 0.3) is 5.91 Å². The van der Waals surface area contributed by atoms with Crippen molar-refractivity contribution in [1.82, 2.24) is 10.2 Å². The molecule has 0 radical (unpaired) electrons. The van der Waals surface area contributed by atoms with Crippen molar-refractivity contribution in [2.45, 2.75) is 19.0 Å². The summed E-state index contributed by atoms with van der Waals surface area (Å²) in [6.07, 6.45) is 0.279. The Bertz CT molecular complexity index is 1040. The number of nitrogens with one attached hydrogen (secondary N) is 1. The van der Waals surface area contributed by atoms with E-state index in [9.17, 15) is 14.0 Å². The third-order valence-electron chi connectivity index (χ3n) is 4.99. The molecule has 0 bridgehead atoms. The van der Waals surface area contributed by atoms with Crippen LogP contribution in [0, 0.1) is 5.82 Å². The topological polar surface area (TPSA) is 58.6 Å². The normalized spacial score (nSPS) is 11.5. The van der Waals surface area contributed by atoms with Crippen LogP contribution in [0.4, 0.5) is 4.39 Å². The maximum atomic E-state index is 14.4. The first-order chi connectivity index (χ1) is 15.5. The fourth-order valence-electron chi connectivity index (χ4n) is 3.29. The molecule has 0 aliphatic heterocycles. The maximum Gasteiger partial charge on any atom is 0.261 e. The van der Waals surface area contributed by atoms with Crippen LogP contribution < -0.4 is 10.1 Å². The third-order valence-corrected chi connectivity index (χ3v) is 5.24. The molecule has 0 fully saturated rings. The maximum absolute atomic E-state index is 14.4. The number of hydrogen-bond acceptors (Lipinski definition) is 3. The number of carbonyl (C=O) groups excluding carboxylic acids is 2. The summed E-state index contributed by atoms with van der Waals surface area (Å²) in [5.41, 5.74) is 1.19. The quantitative estimate of drug-likeness (QED) is 0.526. The molecule has 0 saturated carbocycles. The molecular weight excluding hydrogens is 431 g/mol. The molecule has 0 spiro atoms. The van der Waals surface area contributed by atoms with E-state index in [1.54, 1.807) is 42.5 Å². The first kappa shape index (κ1) is 23.3. The average Bonchev–Trinajstić information content (AvgIpc) is 2.82. The molecule has 3 rings (SSSR count). The number of benzene rings is 3. The highest BCUT2D eigenvalue weighted by molar-refractivity contribution is 6.30. The van der Waals surface area contributed by atoms with Crippen LogP contribution in [0.1, 0.15) is 11.1 Å². The van der Waals surface area contributed by atoms with Crippen LogP contribution in [0.25, 0.3) is 0 Å². The molecule has 5 nitrogen and oxygen atoms in total. The zero-order chi connectivity index (χ0) is 22.9. The Morgan fingerprint density at radius 3 is 2.31 bits per heavy atom. The Labute approximate surface area is 191 Å². The predicted molar refractivity (Wildman–Crippen MR) is 122 cm³/mol. The summed E-state index contributed by atoms with van der Waals surface area (Å²) in [5.74, 6) is -0.759. The van der Waals surface area contributed by atoms with Gasteiger partial charge in [-0.1, -0.05) is 60.1 Å². The molecule has 32 heavy (non-hydrogen) atoms. The molecule has 3 aromatic carbocycles. The van der Waals surface area contributed by atoms with Crippen molar-refractivity contribution in [2.75, 3.05) is 13.7 Å². The summed E-state index contributed by atoms with van der Waals surface area (Å²) in [5, 5.41) is 3.17. The summed E-state index contributed by atoms with van der Waals surface area (Å²) in [4.78, 5) is 27.4. The van der Waals surface area contributed by atoms with Crippen LogP contribution in [0.2, 0.25) is 5.02 Å². The van der Waals surface area contributed by atoms with Crippen molar-refractivity contribution in [2.24, 2.45) is 0 Å². The number of hydrogen-bond donors (Lipinski definition) is 1. The van der Waals surface area contributed by atoms with Crippen LogP contribution in [0.3, 0.4) is 0 Å². The van der Waals surface area contributed by atoms with Crippen LogP contribution in [0.15, 0.2) is 78.9 Å². The van der Waals surface area contributed by atoms with Crippen molar-refractivity contribution in [3.05, 3.63) is 101 Å². The van der Waals surface area contributed by atoms with Crippen molar-refractivity contribution in [3.8, 4) is 5.75 Å². The van der Waals surface area contributed by atoms with E-state index >= 15 is 0 Å². The third kappa shape index (κ3) is 6.31. The van der Waals surface area contributed by atoms with E-state index in [0.717, 1.165) is 5.56 Å². The fraction of sp³-hybridized carbons (Fsp3) is 0.200. The van der Waals surface area contributed by atoms with E-state index in [2.05, 4.69) is 5.32 Å². The lowest BCUT2D eigenvalue weighted by Gasteiger charge is -2.31. The lowest BCUT2D eigenvalue weighted by atomic mass is 10.0. The average molecular weight is 455 g/mol. The number of nitrogens with zero attached hydrogens (tertiary/aromatic N) is 1. The molecule has 166 valence electrons. The van der Waals surface area contributed by atoms with Gasteiger partial charge < -0.3 is 15.0 Å². The molecule has 2 amide bonds. The molecule has 0 aliphatic carbocycles. The van der Waals surface area contributed by atoms with Crippen LogP contribution in [-0.4, -0.2) is 36.4 Å². The Balaban J connectivity index is 1.87. The minimum Gasteiger partial charge on any atom is -0.484 e. The van der Waals surface area contributed by atoms with Gasteiger partial charge in [0.1, 0.15) is 17.6 Å². The SMILES string of the molecule is CNC(=O)C(Cc1ccccc1)N(Cc1ccccc1F)C(=O)COc1ccc(Cl)cc1. The highest BCUT2D eigenvalue weighted by Gasteiger charge is 2.30. The van der Waals surface area contributed by atoms with Gasteiger partial charge in [0, 0.05) is 30.6 Å². The van der Waals surface area contributed by atoms with Gasteiger partial charge in [0.15, 0.2) is 6.61 Å². The highest BCUT2D eigenvalue weighted by Crippen LogP contribution is 2.19. The summed E-state index contributed by atoms with van der Waals surface area (Å²) < 4.78 is 20.0. The molecule has 0 saturated heterocycles. The zero-order valence-corrected chi connectivity index (χ0v) is 18.4. The fourth-order valence-corrected chi connectivity index (χ4v) is 3.42. The molecule has 1 N–H and O–H groups in total. The van der Waals surface area contributed by atoms with Crippen LogP contribution >= 0.6 is 11.6 Å². The van der Waals surface area contributed by atoms with Gasteiger partial charge in [0.2, 0.25) is 5.91 Å². The van der Waals surface area contributed by atoms with E-state index in [0.29, 0.717) is 16.3 Å². The Morgan fingerprint density at radius 1 is 1.00 bits per heavy atom. The van der Waals surface area contributed by atoms with Gasteiger partial charge in [0.05, 0.1) is 0 Å². The summed E-state index contributed by atoms with van der Waals surface area (Å²) >= 11 is 5.89.